The third kappa shape index (κ3) is 6.02. The molecule has 0 aliphatic heterocycles. The molecule has 3 aromatic rings. The summed E-state index contributed by atoms with van der Waals surface area (Å²) in [5, 5.41) is 5.49. The highest BCUT2D eigenvalue weighted by Crippen LogP contribution is 2.19. The summed E-state index contributed by atoms with van der Waals surface area (Å²) in [5.41, 5.74) is 1.78. The first kappa shape index (κ1) is 21.8. The summed E-state index contributed by atoms with van der Waals surface area (Å²) in [6.07, 6.45) is 0. The summed E-state index contributed by atoms with van der Waals surface area (Å²) >= 11 is 0. The lowest BCUT2D eigenvalue weighted by Gasteiger charge is -2.12. The van der Waals surface area contributed by atoms with Crippen LogP contribution >= 0.6 is 0 Å². The highest BCUT2D eigenvalue weighted by atomic mass is 19.3. The number of alkyl halides is 2. The van der Waals surface area contributed by atoms with Crippen molar-refractivity contribution >= 4 is 17.5 Å². The van der Waals surface area contributed by atoms with Crippen LogP contribution in [0.15, 0.2) is 72.8 Å². The van der Waals surface area contributed by atoms with E-state index < -0.39 is 12.5 Å². The van der Waals surface area contributed by atoms with E-state index in [0.29, 0.717) is 28.1 Å². The quantitative estimate of drug-likeness (QED) is 0.557. The van der Waals surface area contributed by atoms with Crippen LogP contribution in [-0.2, 0) is 6.54 Å². The van der Waals surface area contributed by atoms with Crippen LogP contribution in [-0.4, -0.2) is 25.5 Å². The lowest BCUT2D eigenvalue weighted by Crippen LogP contribution is -2.24. The second kappa shape index (κ2) is 10.2. The second-order valence-electron chi connectivity index (χ2n) is 6.43. The van der Waals surface area contributed by atoms with Crippen LogP contribution in [0.25, 0.3) is 0 Å². The Labute approximate surface area is 177 Å². The van der Waals surface area contributed by atoms with Crippen LogP contribution in [0.5, 0.6) is 11.5 Å². The van der Waals surface area contributed by atoms with Crippen molar-refractivity contribution in [1.82, 2.24) is 5.32 Å². The Bertz CT molecular complexity index is 1040. The number of anilines is 1. The van der Waals surface area contributed by atoms with Crippen LogP contribution in [0.4, 0.5) is 14.5 Å². The summed E-state index contributed by atoms with van der Waals surface area (Å²) in [5.74, 6) is -0.0853. The minimum Gasteiger partial charge on any atom is -0.497 e. The zero-order valence-corrected chi connectivity index (χ0v) is 16.6. The third-order valence-electron chi connectivity index (χ3n) is 4.37. The van der Waals surface area contributed by atoms with Crippen molar-refractivity contribution in [3.8, 4) is 11.5 Å². The predicted octanol–water partition coefficient (Wildman–Crippen LogP) is 4.48. The topological polar surface area (TPSA) is 76.7 Å². The van der Waals surface area contributed by atoms with E-state index in [1.54, 1.807) is 60.7 Å². The lowest BCUT2D eigenvalue weighted by atomic mass is 10.1. The van der Waals surface area contributed by atoms with Crippen molar-refractivity contribution in [1.29, 1.82) is 0 Å². The van der Waals surface area contributed by atoms with Crippen LogP contribution in [0.1, 0.15) is 26.3 Å². The molecule has 0 saturated carbocycles. The second-order valence-corrected chi connectivity index (χ2v) is 6.43. The van der Waals surface area contributed by atoms with Crippen molar-refractivity contribution < 1.29 is 27.8 Å². The van der Waals surface area contributed by atoms with Gasteiger partial charge < -0.3 is 20.1 Å². The summed E-state index contributed by atoms with van der Waals surface area (Å²) < 4.78 is 33.8. The van der Waals surface area contributed by atoms with Crippen LogP contribution in [0, 0.1) is 0 Å². The number of hydrogen-bond acceptors (Lipinski definition) is 4. The molecule has 0 spiro atoms. The first-order valence-corrected chi connectivity index (χ1v) is 9.32. The van der Waals surface area contributed by atoms with E-state index in [1.165, 1.54) is 19.2 Å². The molecule has 3 aromatic carbocycles. The predicted molar refractivity (Wildman–Crippen MR) is 112 cm³/mol. The average Bonchev–Trinajstić information content (AvgIpc) is 2.78. The maximum Gasteiger partial charge on any atom is 0.387 e. The zero-order valence-electron chi connectivity index (χ0n) is 16.6. The molecule has 0 radical (unpaired) electrons. The number of para-hydroxylation sites is 1. The maximum absolute atomic E-state index is 12.6. The number of methoxy groups -OCH3 is 1. The summed E-state index contributed by atoms with van der Waals surface area (Å²) in [6.45, 7) is -2.72. The molecule has 0 aromatic heterocycles. The van der Waals surface area contributed by atoms with Crippen molar-refractivity contribution in [3.05, 3.63) is 89.5 Å². The first-order chi connectivity index (χ1) is 15.0. The molecule has 3 rings (SSSR count). The molecule has 0 aliphatic rings. The molecular formula is C23H20F2N2O4. The van der Waals surface area contributed by atoms with Gasteiger partial charge in [-0.3, -0.25) is 9.59 Å². The van der Waals surface area contributed by atoms with Crippen molar-refractivity contribution in [2.24, 2.45) is 0 Å². The van der Waals surface area contributed by atoms with Gasteiger partial charge in [-0.05, 0) is 54.1 Å². The number of benzene rings is 3. The smallest absolute Gasteiger partial charge is 0.387 e. The van der Waals surface area contributed by atoms with Crippen molar-refractivity contribution in [3.63, 3.8) is 0 Å². The lowest BCUT2D eigenvalue weighted by molar-refractivity contribution is -0.0498. The van der Waals surface area contributed by atoms with Gasteiger partial charge in [0.25, 0.3) is 11.8 Å². The number of hydrogen-bond donors (Lipinski definition) is 2. The molecule has 0 atom stereocenters. The van der Waals surface area contributed by atoms with Gasteiger partial charge in [-0.1, -0.05) is 24.3 Å². The Kier molecular flexibility index (Phi) is 7.16. The number of nitrogens with one attached hydrogen (secondary N) is 2. The number of carbonyl (C=O) groups is 2. The van der Waals surface area contributed by atoms with Gasteiger partial charge in [0.05, 0.1) is 18.4 Å². The standard InChI is InChI=1S/C23H20F2N2O4/c1-30-17-12-8-16(9-13-17)21(28)27-20-5-3-2-4-19(20)22(29)26-14-15-6-10-18(11-7-15)31-23(24)25/h2-13,23H,14H2,1H3,(H,26,29)(H,27,28). The number of ether oxygens (including phenoxy) is 2. The molecule has 2 amide bonds. The monoisotopic (exact) mass is 426 g/mol. The minimum absolute atomic E-state index is 0.0386. The SMILES string of the molecule is COc1ccc(C(=O)Nc2ccccc2C(=O)NCc2ccc(OC(F)F)cc2)cc1. The van der Waals surface area contributed by atoms with E-state index in [4.69, 9.17) is 4.74 Å². The fraction of sp³-hybridized carbons (Fsp3) is 0.130. The molecular weight excluding hydrogens is 406 g/mol. The van der Waals surface area contributed by atoms with Gasteiger partial charge in [0, 0.05) is 12.1 Å². The number of carbonyl (C=O) groups excluding carboxylic acids is 2. The van der Waals surface area contributed by atoms with E-state index in [2.05, 4.69) is 15.4 Å². The van der Waals surface area contributed by atoms with Gasteiger partial charge in [0.2, 0.25) is 0 Å². The minimum atomic E-state index is -2.89. The maximum atomic E-state index is 12.6. The third-order valence-corrected chi connectivity index (χ3v) is 4.37. The van der Waals surface area contributed by atoms with Gasteiger partial charge in [-0.25, -0.2) is 0 Å². The van der Waals surface area contributed by atoms with Crippen molar-refractivity contribution in [2.75, 3.05) is 12.4 Å². The molecule has 160 valence electrons. The van der Waals surface area contributed by atoms with Gasteiger partial charge in [-0.2, -0.15) is 8.78 Å². The Morgan fingerprint density at radius 2 is 1.52 bits per heavy atom. The van der Waals surface area contributed by atoms with E-state index in [1.807, 2.05) is 0 Å². The van der Waals surface area contributed by atoms with Crippen LogP contribution in [0.3, 0.4) is 0 Å². The number of amides is 2. The molecule has 6 nitrogen and oxygen atoms in total. The van der Waals surface area contributed by atoms with Gasteiger partial charge in [0.15, 0.2) is 0 Å². The van der Waals surface area contributed by atoms with E-state index in [9.17, 15) is 18.4 Å². The molecule has 0 fully saturated rings. The molecule has 0 aliphatic carbocycles. The number of halogens is 2. The van der Waals surface area contributed by atoms with Gasteiger partial charge >= 0.3 is 6.61 Å². The summed E-state index contributed by atoms with van der Waals surface area (Å²) in [6, 6.07) is 19.2. The van der Waals surface area contributed by atoms with Gasteiger partial charge in [-0.15, -0.1) is 0 Å². The first-order valence-electron chi connectivity index (χ1n) is 9.32. The Morgan fingerprint density at radius 1 is 0.871 bits per heavy atom. The molecule has 0 unspecified atom stereocenters. The Balaban J connectivity index is 1.64. The largest absolute Gasteiger partial charge is 0.497 e. The molecule has 2 N–H and O–H groups in total. The van der Waals surface area contributed by atoms with E-state index >= 15 is 0 Å². The molecule has 8 heteroatoms. The van der Waals surface area contributed by atoms with Crippen LogP contribution in [0.2, 0.25) is 0 Å². The molecule has 0 bridgehead atoms. The average molecular weight is 426 g/mol. The van der Waals surface area contributed by atoms with E-state index in [0.717, 1.165) is 0 Å². The summed E-state index contributed by atoms with van der Waals surface area (Å²) in [7, 11) is 1.54. The number of rotatable bonds is 8. The normalized spacial score (nSPS) is 10.5. The van der Waals surface area contributed by atoms with Crippen LogP contribution < -0.4 is 20.1 Å². The zero-order chi connectivity index (χ0) is 22.2. The molecule has 0 saturated heterocycles. The fourth-order valence-electron chi connectivity index (χ4n) is 2.79. The van der Waals surface area contributed by atoms with E-state index in [-0.39, 0.29) is 18.2 Å². The van der Waals surface area contributed by atoms with Gasteiger partial charge in [0.1, 0.15) is 11.5 Å². The van der Waals surface area contributed by atoms with Crippen molar-refractivity contribution in [2.45, 2.75) is 13.2 Å². The summed E-state index contributed by atoms with van der Waals surface area (Å²) in [4.78, 5) is 25.2. The fourth-order valence-corrected chi connectivity index (χ4v) is 2.79. The Morgan fingerprint density at radius 3 is 2.16 bits per heavy atom. The Hall–Kier alpha value is -3.94. The highest BCUT2D eigenvalue weighted by Gasteiger charge is 2.14. The molecule has 31 heavy (non-hydrogen) atoms. The molecule has 0 heterocycles. The highest BCUT2D eigenvalue weighted by molar-refractivity contribution is 6.09.